The van der Waals surface area contributed by atoms with E-state index in [0.717, 1.165) is 0 Å². The summed E-state index contributed by atoms with van der Waals surface area (Å²) in [5.41, 5.74) is -3.72. The average Bonchev–Trinajstić information content (AvgIpc) is 2.96. The van der Waals surface area contributed by atoms with Gasteiger partial charge in [0.2, 0.25) is 17.1 Å². The number of non-ortho nitro benzene ring substituents is 1. The normalized spacial score (nSPS) is 30.3. The van der Waals surface area contributed by atoms with Crippen molar-refractivity contribution in [2.45, 2.75) is 18.8 Å². The van der Waals surface area contributed by atoms with E-state index >= 15 is 0 Å². The van der Waals surface area contributed by atoms with E-state index < -0.39 is 39.5 Å². The van der Waals surface area contributed by atoms with Crippen molar-refractivity contribution >= 4 is 11.6 Å². The molecule has 31 heavy (non-hydrogen) atoms. The van der Waals surface area contributed by atoms with E-state index in [4.69, 9.17) is 14.9 Å². The minimum Gasteiger partial charge on any atom is -0.443 e. The summed E-state index contributed by atoms with van der Waals surface area (Å²) in [4.78, 5) is 10.7. The second-order valence-corrected chi connectivity index (χ2v) is 7.49. The van der Waals surface area contributed by atoms with Crippen LogP contribution in [0.4, 0.5) is 5.69 Å². The van der Waals surface area contributed by atoms with Gasteiger partial charge in [-0.3, -0.25) is 15.5 Å². The number of ether oxygens (including phenoxy) is 2. The van der Waals surface area contributed by atoms with Gasteiger partial charge in [-0.25, -0.2) is 0 Å². The minimum atomic E-state index is -2.18. The van der Waals surface area contributed by atoms with Gasteiger partial charge in [0, 0.05) is 17.7 Å². The van der Waals surface area contributed by atoms with Crippen LogP contribution in [-0.2, 0) is 15.3 Å². The number of nitro benzene ring substituents is 1. The molecular formula is C22H15N5O4. The molecule has 2 saturated heterocycles. The maximum absolute atomic E-state index is 11.3. The first-order valence-electron chi connectivity index (χ1n) is 9.32. The van der Waals surface area contributed by atoms with Crippen LogP contribution in [0.15, 0.2) is 54.6 Å². The first-order chi connectivity index (χ1) is 14.8. The van der Waals surface area contributed by atoms with E-state index in [1.807, 2.05) is 18.2 Å². The highest BCUT2D eigenvalue weighted by atomic mass is 16.7. The number of hydrogen-bond donors (Lipinski definition) is 1. The van der Waals surface area contributed by atoms with Crippen LogP contribution in [0.3, 0.4) is 0 Å². The highest BCUT2D eigenvalue weighted by Gasteiger charge is 2.79. The van der Waals surface area contributed by atoms with Crippen molar-refractivity contribution < 1.29 is 14.4 Å². The van der Waals surface area contributed by atoms with Crippen molar-refractivity contribution in [3.05, 3.63) is 75.8 Å². The monoisotopic (exact) mass is 413 g/mol. The molecule has 2 fully saturated rings. The molecule has 4 unspecified atom stereocenters. The van der Waals surface area contributed by atoms with Gasteiger partial charge in [0.05, 0.1) is 29.0 Å². The molecule has 0 aromatic heterocycles. The maximum atomic E-state index is 11.3. The van der Waals surface area contributed by atoms with Crippen LogP contribution < -0.4 is 0 Å². The Morgan fingerprint density at radius 3 is 2.32 bits per heavy atom. The van der Waals surface area contributed by atoms with Gasteiger partial charge in [0.15, 0.2) is 5.41 Å². The van der Waals surface area contributed by atoms with Crippen molar-refractivity contribution in [1.29, 1.82) is 21.2 Å². The zero-order valence-corrected chi connectivity index (χ0v) is 16.3. The average molecular weight is 413 g/mol. The van der Waals surface area contributed by atoms with Crippen LogP contribution in [0.5, 0.6) is 0 Å². The number of nitrogens with zero attached hydrogens (tertiary/aromatic N) is 4. The number of benzene rings is 2. The van der Waals surface area contributed by atoms with E-state index in [0.29, 0.717) is 5.56 Å². The highest BCUT2D eigenvalue weighted by Crippen LogP contribution is 2.68. The summed E-state index contributed by atoms with van der Waals surface area (Å²) >= 11 is 0. The molecule has 2 aliphatic rings. The van der Waals surface area contributed by atoms with Crippen LogP contribution in [0, 0.1) is 66.3 Å². The van der Waals surface area contributed by atoms with Gasteiger partial charge >= 0.3 is 0 Å². The summed E-state index contributed by atoms with van der Waals surface area (Å²) in [5.74, 6) is -3.06. The second-order valence-electron chi connectivity index (χ2n) is 7.49. The lowest BCUT2D eigenvalue weighted by molar-refractivity contribution is -0.385. The smallest absolute Gasteiger partial charge is 0.269 e. The van der Waals surface area contributed by atoms with Gasteiger partial charge in [-0.05, 0) is 5.56 Å². The molecule has 2 aliphatic heterocycles. The minimum absolute atomic E-state index is 0.169. The van der Waals surface area contributed by atoms with Gasteiger partial charge in [-0.15, -0.1) is 0 Å². The lowest BCUT2D eigenvalue weighted by Gasteiger charge is -2.48. The molecular weight excluding hydrogens is 398 g/mol. The van der Waals surface area contributed by atoms with Crippen LogP contribution >= 0.6 is 0 Å². The summed E-state index contributed by atoms with van der Waals surface area (Å²) < 4.78 is 12.2. The maximum Gasteiger partial charge on any atom is 0.269 e. The molecule has 9 heteroatoms. The Hall–Kier alpha value is -4.26. The third-order valence-corrected chi connectivity index (χ3v) is 6.23. The molecule has 2 bridgehead atoms. The largest absolute Gasteiger partial charge is 0.443 e. The van der Waals surface area contributed by atoms with E-state index in [9.17, 15) is 25.9 Å². The molecule has 0 radical (unpaired) electrons. The van der Waals surface area contributed by atoms with Gasteiger partial charge in [-0.2, -0.15) is 15.8 Å². The summed E-state index contributed by atoms with van der Waals surface area (Å²) in [5, 5.41) is 50.4. The highest BCUT2D eigenvalue weighted by molar-refractivity contribution is 5.89. The van der Waals surface area contributed by atoms with E-state index in [1.165, 1.54) is 24.3 Å². The quantitative estimate of drug-likeness (QED) is 0.593. The van der Waals surface area contributed by atoms with Gasteiger partial charge in [0.1, 0.15) is 6.10 Å². The number of fused-ring (bicyclic) bond motifs is 2. The number of nitrogens with one attached hydrogen (secondary N) is 1. The van der Waals surface area contributed by atoms with Crippen molar-refractivity contribution in [2.75, 3.05) is 0 Å². The van der Waals surface area contributed by atoms with Crippen molar-refractivity contribution in [3.8, 4) is 18.2 Å². The fraction of sp³-hybridized carbons (Fsp3) is 0.273. The zero-order chi connectivity index (χ0) is 22.4. The zero-order valence-electron chi connectivity index (χ0n) is 16.3. The van der Waals surface area contributed by atoms with E-state index in [-0.39, 0.29) is 11.3 Å². The third-order valence-electron chi connectivity index (χ3n) is 6.23. The number of rotatable bonds is 3. The molecule has 1 N–H and O–H groups in total. The Balaban J connectivity index is 2.04. The third kappa shape index (κ3) is 2.28. The molecule has 2 heterocycles. The Morgan fingerprint density at radius 1 is 1.06 bits per heavy atom. The molecule has 4 rings (SSSR count). The molecule has 4 atom stereocenters. The first-order valence-corrected chi connectivity index (χ1v) is 9.32. The molecule has 2 aromatic rings. The standard InChI is InChI=1S/C22H15N5O4/c1-14-21(13-25)19(26)31-22(14,16-7-3-2-4-8-16)30-18(20(21,11-23)12-24)15-6-5-9-17(10-15)27(28)29/h2-10,14,18,26H,1H3. The predicted octanol–water partition coefficient (Wildman–Crippen LogP) is 3.71. The SMILES string of the molecule is CC1C2(c3ccccc3)OC(=N)C1(C#N)C(C#N)(C#N)C(c1cccc([N+](=O)[O-])c1)O2. The molecule has 2 aromatic carbocycles. The Labute approximate surface area is 177 Å². The van der Waals surface area contributed by atoms with Crippen LogP contribution in [0.25, 0.3) is 0 Å². The summed E-state index contributed by atoms with van der Waals surface area (Å²) in [6.45, 7) is 1.60. The summed E-state index contributed by atoms with van der Waals surface area (Å²) in [6.07, 6.45) is -1.39. The van der Waals surface area contributed by atoms with Crippen molar-refractivity contribution in [3.63, 3.8) is 0 Å². The van der Waals surface area contributed by atoms with Gasteiger partial charge < -0.3 is 9.47 Å². The predicted molar refractivity (Wildman–Crippen MR) is 105 cm³/mol. The fourth-order valence-corrected chi connectivity index (χ4v) is 4.64. The summed E-state index contributed by atoms with van der Waals surface area (Å²) in [6, 6.07) is 19.9. The fourth-order valence-electron chi connectivity index (χ4n) is 4.64. The second kappa shape index (κ2) is 6.63. The van der Waals surface area contributed by atoms with Crippen LogP contribution in [0.2, 0.25) is 0 Å². The Kier molecular flexibility index (Phi) is 4.29. The topological polar surface area (TPSA) is 157 Å². The van der Waals surface area contributed by atoms with Crippen molar-refractivity contribution in [1.82, 2.24) is 0 Å². The molecule has 152 valence electrons. The number of hydrogen-bond acceptors (Lipinski definition) is 8. The van der Waals surface area contributed by atoms with E-state index in [2.05, 4.69) is 0 Å². The van der Waals surface area contributed by atoms with Crippen molar-refractivity contribution in [2.24, 2.45) is 16.7 Å². The lowest BCUT2D eigenvalue weighted by Crippen LogP contribution is -2.57. The van der Waals surface area contributed by atoms with Gasteiger partial charge in [0.25, 0.3) is 5.69 Å². The van der Waals surface area contributed by atoms with E-state index in [1.54, 1.807) is 37.3 Å². The van der Waals surface area contributed by atoms with Crippen LogP contribution in [-0.4, -0.2) is 10.8 Å². The number of nitriles is 3. The van der Waals surface area contributed by atoms with Gasteiger partial charge in [-0.1, -0.05) is 49.4 Å². The number of nitro groups is 1. The summed E-state index contributed by atoms with van der Waals surface area (Å²) in [7, 11) is 0. The Morgan fingerprint density at radius 2 is 1.74 bits per heavy atom. The molecule has 0 spiro atoms. The molecule has 9 nitrogen and oxygen atoms in total. The van der Waals surface area contributed by atoms with Crippen LogP contribution in [0.1, 0.15) is 24.2 Å². The molecule has 0 amide bonds. The Bertz CT molecular complexity index is 1210. The first kappa shape index (κ1) is 20.0. The lowest BCUT2D eigenvalue weighted by atomic mass is 9.53. The molecule has 0 saturated carbocycles. The molecule has 0 aliphatic carbocycles.